The molecule has 0 unspecified atom stereocenters. The highest BCUT2D eigenvalue weighted by Crippen LogP contribution is 2.18. The molecule has 0 radical (unpaired) electrons. The van der Waals surface area contributed by atoms with Gasteiger partial charge in [0.2, 0.25) is 0 Å². The van der Waals surface area contributed by atoms with Gasteiger partial charge in [-0.25, -0.2) is 0 Å². The highest BCUT2D eigenvalue weighted by Gasteiger charge is 2.19. The molecular formula is C17H23N2O2+. The van der Waals surface area contributed by atoms with Gasteiger partial charge in [0.05, 0.1) is 24.3 Å². The minimum atomic E-state index is 0.196. The van der Waals surface area contributed by atoms with E-state index in [-0.39, 0.29) is 5.43 Å². The number of benzene rings is 1. The van der Waals surface area contributed by atoms with Gasteiger partial charge >= 0.3 is 0 Å². The zero-order valence-electron chi connectivity index (χ0n) is 13.0. The normalized spacial score (nSPS) is 16.5. The number of rotatable bonds is 2. The van der Waals surface area contributed by atoms with Crippen molar-refractivity contribution in [3.63, 3.8) is 0 Å². The molecule has 1 aliphatic heterocycles. The number of quaternary nitrogens is 1. The number of aromatic amines is 1. The van der Waals surface area contributed by atoms with Crippen LogP contribution >= 0.6 is 0 Å². The quantitative estimate of drug-likeness (QED) is 0.861. The van der Waals surface area contributed by atoms with Crippen LogP contribution in [-0.2, 0) is 11.3 Å². The van der Waals surface area contributed by atoms with Crippen LogP contribution in [0.2, 0.25) is 0 Å². The van der Waals surface area contributed by atoms with E-state index in [2.05, 4.69) is 11.1 Å². The summed E-state index contributed by atoms with van der Waals surface area (Å²) in [6.45, 7) is 10.4. The number of hydrogen-bond acceptors (Lipinski definition) is 2. The van der Waals surface area contributed by atoms with E-state index in [9.17, 15) is 4.79 Å². The number of fused-ring (bicyclic) bond motifs is 1. The molecule has 2 heterocycles. The molecule has 0 atom stereocenters. The van der Waals surface area contributed by atoms with Gasteiger partial charge in [-0.2, -0.15) is 0 Å². The fourth-order valence-corrected chi connectivity index (χ4v) is 3.15. The number of nitrogens with one attached hydrogen (secondary N) is 2. The van der Waals surface area contributed by atoms with Gasteiger partial charge in [0, 0.05) is 11.1 Å². The zero-order valence-corrected chi connectivity index (χ0v) is 13.0. The van der Waals surface area contributed by atoms with E-state index in [4.69, 9.17) is 4.74 Å². The fourth-order valence-electron chi connectivity index (χ4n) is 3.15. The number of H-pyrrole nitrogens is 1. The molecule has 1 fully saturated rings. The first kappa shape index (κ1) is 14.3. The molecule has 0 bridgehead atoms. The van der Waals surface area contributed by atoms with Crippen LogP contribution in [0.5, 0.6) is 0 Å². The molecule has 1 aromatic heterocycles. The molecule has 2 aromatic rings. The van der Waals surface area contributed by atoms with Crippen molar-refractivity contribution in [1.29, 1.82) is 0 Å². The van der Waals surface area contributed by atoms with Gasteiger partial charge in [-0.3, -0.25) is 4.79 Å². The minimum absolute atomic E-state index is 0.196. The van der Waals surface area contributed by atoms with Crippen LogP contribution in [0.1, 0.15) is 22.4 Å². The highest BCUT2D eigenvalue weighted by molar-refractivity contribution is 5.85. The summed E-state index contributed by atoms with van der Waals surface area (Å²) >= 11 is 0. The lowest BCUT2D eigenvalue weighted by molar-refractivity contribution is -0.921. The van der Waals surface area contributed by atoms with Crippen molar-refractivity contribution in [1.82, 2.24) is 4.98 Å². The molecular weight excluding hydrogens is 264 g/mol. The highest BCUT2D eigenvalue weighted by atomic mass is 16.5. The minimum Gasteiger partial charge on any atom is -0.370 e. The number of hydrogen-bond donors (Lipinski definition) is 2. The summed E-state index contributed by atoms with van der Waals surface area (Å²) in [5, 5.41) is 0.850. The molecule has 2 N–H and O–H groups in total. The Hall–Kier alpha value is -1.65. The standard InChI is InChI=1S/C17H22N2O2/c1-11-4-5-12(2)16-15(11)17(20)14(13(3)18-16)10-19-6-8-21-9-7-19/h4-5H,6-10H2,1-3H3,(H,18,20)/p+1. The monoisotopic (exact) mass is 287 g/mol. The molecule has 0 aliphatic carbocycles. The van der Waals surface area contributed by atoms with Crippen LogP contribution in [0.25, 0.3) is 10.9 Å². The number of aryl methyl sites for hydroxylation is 3. The molecule has 1 saturated heterocycles. The molecule has 112 valence electrons. The van der Waals surface area contributed by atoms with Gasteiger partial charge in [0.25, 0.3) is 0 Å². The van der Waals surface area contributed by atoms with Crippen molar-refractivity contribution in [2.75, 3.05) is 26.3 Å². The van der Waals surface area contributed by atoms with E-state index < -0.39 is 0 Å². The van der Waals surface area contributed by atoms with Crippen molar-refractivity contribution in [3.05, 3.63) is 44.7 Å². The van der Waals surface area contributed by atoms with E-state index in [1.807, 2.05) is 26.8 Å². The van der Waals surface area contributed by atoms with E-state index >= 15 is 0 Å². The summed E-state index contributed by atoms with van der Waals surface area (Å²) in [5.74, 6) is 0. The predicted molar refractivity (Wildman–Crippen MR) is 84.0 cm³/mol. The molecule has 0 amide bonds. The molecule has 21 heavy (non-hydrogen) atoms. The van der Waals surface area contributed by atoms with Crippen LogP contribution in [0, 0.1) is 20.8 Å². The Labute approximate surface area is 124 Å². The molecule has 1 aliphatic rings. The molecule has 3 rings (SSSR count). The van der Waals surface area contributed by atoms with Gasteiger partial charge in [-0.15, -0.1) is 0 Å². The summed E-state index contributed by atoms with van der Waals surface area (Å²) in [6.07, 6.45) is 0. The Balaban J connectivity index is 2.10. The smallest absolute Gasteiger partial charge is 0.198 e. The van der Waals surface area contributed by atoms with E-state index in [0.717, 1.165) is 66.1 Å². The van der Waals surface area contributed by atoms with E-state index in [1.54, 1.807) is 0 Å². The second-order valence-corrected chi connectivity index (χ2v) is 6.05. The molecule has 1 aromatic carbocycles. The van der Waals surface area contributed by atoms with E-state index in [0.29, 0.717) is 0 Å². The van der Waals surface area contributed by atoms with Crippen LogP contribution in [0.4, 0.5) is 0 Å². The Morgan fingerprint density at radius 2 is 1.81 bits per heavy atom. The Morgan fingerprint density at radius 3 is 2.52 bits per heavy atom. The zero-order chi connectivity index (χ0) is 15.0. The van der Waals surface area contributed by atoms with Crippen LogP contribution in [0.15, 0.2) is 16.9 Å². The second-order valence-electron chi connectivity index (χ2n) is 6.05. The summed E-state index contributed by atoms with van der Waals surface area (Å²) in [6, 6.07) is 4.10. The van der Waals surface area contributed by atoms with Gasteiger partial charge in [0.15, 0.2) is 5.43 Å². The summed E-state index contributed by atoms with van der Waals surface area (Å²) in [5.41, 5.74) is 5.28. The molecule has 0 spiro atoms. The Bertz CT molecular complexity index is 728. The molecule has 4 heteroatoms. The average Bonchev–Trinajstić information content (AvgIpc) is 2.48. The fraction of sp³-hybridized carbons (Fsp3) is 0.471. The van der Waals surface area contributed by atoms with Crippen molar-refractivity contribution in [3.8, 4) is 0 Å². The van der Waals surface area contributed by atoms with Crippen molar-refractivity contribution in [2.45, 2.75) is 27.3 Å². The van der Waals surface area contributed by atoms with Crippen molar-refractivity contribution < 1.29 is 9.64 Å². The average molecular weight is 287 g/mol. The predicted octanol–water partition coefficient (Wildman–Crippen LogP) is 0.868. The summed E-state index contributed by atoms with van der Waals surface area (Å²) in [4.78, 5) is 17.8. The van der Waals surface area contributed by atoms with Crippen molar-refractivity contribution >= 4 is 10.9 Å². The van der Waals surface area contributed by atoms with Crippen LogP contribution in [0.3, 0.4) is 0 Å². The van der Waals surface area contributed by atoms with Crippen LogP contribution in [-0.4, -0.2) is 31.3 Å². The maximum atomic E-state index is 12.9. The third kappa shape index (κ3) is 2.61. The number of ether oxygens (including phenoxy) is 1. The Kier molecular flexibility index (Phi) is 3.83. The van der Waals surface area contributed by atoms with Crippen LogP contribution < -0.4 is 10.3 Å². The first-order chi connectivity index (χ1) is 10.1. The lowest BCUT2D eigenvalue weighted by atomic mass is 10.0. The number of pyridine rings is 1. The van der Waals surface area contributed by atoms with Gasteiger partial charge in [0.1, 0.15) is 19.6 Å². The summed E-state index contributed by atoms with van der Waals surface area (Å²) < 4.78 is 5.40. The maximum absolute atomic E-state index is 12.9. The Morgan fingerprint density at radius 1 is 1.14 bits per heavy atom. The largest absolute Gasteiger partial charge is 0.370 e. The van der Waals surface area contributed by atoms with Gasteiger partial charge in [-0.05, 0) is 31.9 Å². The topological polar surface area (TPSA) is 46.5 Å². The maximum Gasteiger partial charge on any atom is 0.198 e. The lowest BCUT2D eigenvalue weighted by Gasteiger charge is -2.24. The van der Waals surface area contributed by atoms with E-state index in [1.165, 1.54) is 4.90 Å². The van der Waals surface area contributed by atoms with Crippen molar-refractivity contribution in [2.24, 2.45) is 0 Å². The number of morpholine rings is 1. The SMILES string of the molecule is Cc1[nH]c2c(C)ccc(C)c2c(=O)c1C[NH+]1CCOCC1. The summed E-state index contributed by atoms with van der Waals surface area (Å²) in [7, 11) is 0. The second kappa shape index (κ2) is 5.62. The molecule has 4 nitrogen and oxygen atoms in total. The number of aromatic nitrogens is 1. The molecule has 0 saturated carbocycles. The first-order valence-electron chi connectivity index (χ1n) is 7.61. The third-order valence-corrected chi connectivity index (χ3v) is 4.52. The van der Waals surface area contributed by atoms with Gasteiger partial charge in [-0.1, -0.05) is 12.1 Å². The third-order valence-electron chi connectivity index (χ3n) is 4.52. The first-order valence-corrected chi connectivity index (χ1v) is 7.61. The van der Waals surface area contributed by atoms with Gasteiger partial charge < -0.3 is 14.6 Å². The lowest BCUT2D eigenvalue weighted by Crippen LogP contribution is -3.13.